The van der Waals surface area contributed by atoms with Crippen molar-refractivity contribution < 1.29 is 4.79 Å². The SMILES string of the molecule is C=C[C@@H]1CCC(=O)[C@H]1C/C=C/C. The van der Waals surface area contributed by atoms with Gasteiger partial charge in [-0.25, -0.2) is 0 Å². The third-order valence-electron chi connectivity index (χ3n) is 2.58. The molecule has 1 rings (SSSR count). The highest BCUT2D eigenvalue weighted by molar-refractivity contribution is 5.83. The van der Waals surface area contributed by atoms with E-state index in [1.165, 1.54) is 0 Å². The highest BCUT2D eigenvalue weighted by Gasteiger charge is 2.31. The minimum Gasteiger partial charge on any atom is -0.299 e. The van der Waals surface area contributed by atoms with E-state index >= 15 is 0 Å². The van der Waals surface area contributed by atoms with Crippen LogP contribution in [0.1, 0.15) is 26.2 Å². The van der Waals surface area contributed by atoms with Gasteiger partial charge in [-0.15, -0.1) is 6.58 Å². The van der Waals surface area contributed by atoms with Crippen LogP contribution >= 0.6 is 0 Å². The number of carbonyl (C=O) groups excluding carboxylic acids is 1. The number of carbonyl (C=O) groups is 1. The molecular formula is C11H16O. The Bertz CT molecular complexity index is 203. The molecule has 0 saturated heterocycles. The molecule has 12 heavy (non-hydrogen) atoms. The fourth-order valence-corrected chi connectivity index (χ4v) is 1.81. The first-order valence-electron chi connectivity index (χ1n) is 4.56. The molecule has 1 aliphatic rings. The molecule has 0 heterocycles. The molecule has 0 radical (unpaired) electrons. The van der Waals surface area contributed by atoms with Crippen LogP contribution in [0.3, 0.4) is 0 Å². The Labute approximate surface area is 74.2 Å². The van der Waals surface area contributed by atoms with Crippen molar-refractivity contribution in [1.29, 1.82) is 0 Å². The van der Waals surface area contributed by atoms with Gasteiger partial charge in [-0.2, -0.15) is 0 Å². The van der Waals surface area contributed by atoms with E-state index in [-0.39, 0.29) is 5.92 Å². The van der Waals surface area contributed by atoms with E-state index in [1.807, 2.05) is 19.1 Å². The summed E-state index contributed by atoms with van der Waals surface area (Å²) in [4.78, 5) is 11.4. The Hall–Kier alpha value is -0.850. The van der Waals surface area contributed by atoms with Gasteiger partial charge in [0.25, 0.3) is 0 Å². The van der Waals surface area contributed by atoms with Crippen LogP contribution in [0.25, 0.3) is 0 Å². The molecule has 0 amide bonds. The van der Waals surface area contributed by atoms with E-state index in [1.54, 1.807) is 0 Å². The minimum atomic E-state index is 0.221. The average Bonchev–Trinajstić information content (AvgIpc) is 2.43. The molecule has 0 bridgehead atoms. The molecule has 1 nitrogen and oxygen atoms in total. The topological polar surface area (TPSA) is 17.1 Å². The van der Waals surface area contributed by atoms with Gasteiger partial charge in [0, 0.05) is 12.3 Å². The molecule has 0 N–H and O–H groups in total. The van der Waals surface area contributed by atoms with Crippen molar-refractivity contribution in [3.05, 3.63) is 24.8 Å². The molecule has 1 saturated carbocycles. The standard InChI is InChI=1S/C11H16O/c1-3-5-6-10-9(4-2)7-8-11(10)12/h3-5,9-10H,2,6-8H2,1H3/b5-3+/t9-,10+/m1/s1. The van der Waals surface area contributed by atoms with E-state index in [0.717, 1.165) is 19.3 Å². The van der Waals surface area contributed by atoms with Crippen LogP contribution in [-0.2, 0) is 4.79 Å². The van der Waals surface area contributed by atoms with Crippen molar-refractivity contribution in [3.63, 3.8) is 0 Å². The van der Waals surface area contributed by atoms with Crippen molar-refractivity contribution in [1.82, 2.24) is 0 Å². The third-order valence-corrected chi connectivity index (χ3v) is 2.58. The van der Waals surface area contributed by atoms with Crippen LogP contribution in [-0.4, -0.2) is 5.78 Å². The van der Waals surface area contributed by atoms with Gasteiger partial charge in [-0.05, 0) is 25.7 Å². The van der Waals surface area contributed by atoms with Crippen molar-refractivity contribution in [2.24, 2.45) is 11.8 Å². The molecule has 0 spiro atoms. The fraction of sp³-hybridized carbons (Fsp3) is 0.545. The highest BCUT2D eigenvalue weighted by Crippen LogP contribution is 2.32. The van der Waals surface area contributed by atoms with Crippen molar-refractivity contribution in [2.45, 2.75) is 26.2 Å². The fourth-order valence-electron chi connectivity index (χ4n) is 1.81. The summed E-state index contributed by atoms with van der Waals surface area (Å²) < 4.78 is 0. The van der Waals surface area contributed by atoms with Crippen LogP contribution in [0.2, 0.25) is 0 Å². The molecule has 1 heteroatoms. The summed E-state index contributed by atoms with van der Waals surface area (Å²) in [6.07, 6.45) is 8.66. The largest absolute Gasteiger partial charge is 0.299 e. The molecule has 2 atom stereocenters. The number of allylic oxidation sites excluding steroid dienone is 3. The second kappa shape index (κ2) is 4.24. The van der Waals surface area contributed by atoms with Gasteiger partial charge in [0.15, 0.2) is 0 Å². The first-order valence-corrected chi connectivity index (χ1v) is 4.56. The van der Waals surface area contributed by atoms with Crippen molar-refractivity contribution >= 4 is 5.78 Å². The maximum absolute atomic E-state index is 11.4. The van der Waals surface area contributed by atoms with Crippen LogP contribution < -0.4 is 0 Å². The predicted molar refractivity (Wildman–Crippen MR) is 50.8 cm³/mol. The van der Waals surface area contributed by atoms with Gasteiger partial charge in [-0.3, -0.25) is 4.79 Å². The average molecular weight is 164 g/mol. The normalized spacial score (nSPS) is 29.9. The molecule has 1 aliphatic carbocycles. The van der Waals surface area contributed by atoms with Crippen LogP contribution in [0, 0.1) is 11.8 Å². The Morgan fingerprint density at radius 2 is 2.42 bits per heavy atom. The molecular weight excluding hydrogens is 148 g/mol. The molecule has 66 valence electrons. The van der Waals surface area contributed by atoms with Gasteiger partial charge < -0.3 is 0 Å². The molecule has 1 fully saturated rings. The predicted octanol–water partition coefficient (Wildman–Crippen LogP) is 2.73. The van der Waals surface area contributed by atoms with E-state index in [0.29, 0.717) is 11.7 Å². The Morgan fingerprint density at radius 1 is 1.67 bits per heavy atom. The summed E-state index contributed by atoms with van der Waals surface area (Å²) in [5.41, 5.74) is 0. The van der Waals surface area contributed by atoms with Gasteiger partial charge in [0.05, 0.1) is 0 Å². The summed E-state index contributed by atoms with van der Waals surface area (Å²) in [5.74, 6) is 1.06. The molecule has 0 aromatic rings. The second-order valence-electron chi connectivity index (χ2n) is 3.32. The lowest BCUT2D eigenvalue weighted by Crippen LogP contribution is -2.11. The number of ketones is 1. The smallest absolute Gasteiger partial charge is 0.136 e. The Morgan fingerprint density at radius 3 is 3.00 bits per heavy atom. The lowest BCUT2D eigenvalue weighted by Gasteiger charge is -2.11. The minimum absolute atomic E-state index is 0.221. The van der Waals surface area contributed by atoms with Crippen molar-refractivity contribution in [3.8, 4) is 0 Å². The first-order chi connectivity index (χ1) is 5.79. The summed E-state index contributed by atoms with van der Waals surface area (Å²) in [6.45, 7) is 5.75. The molecule has 0 aliphatic heterocycles. The zero-order chi connectivity index (χ0) is 8.97. The van der Waals surface area contributed by atoms with E-state index in [4.69, 9.17) is 0 Å². The monoisotopic (exact) mass is 164 g/mol. The number of Topliss-reactive ketones (excluding diaryl/α,β-unsaturated/α-hetero) is 1. The van der Waals surface area contributed by atoms with Gasteiger partial charge >= 0.3 is 0 Å². The van der Waals surface area contributed by atoms with Gasteiger partial charge in [0.2, 0.25) is 0 Å². The number of rotatable bonds is 3. The number of hydrogen-bond donors (Lipinski definition) is 0. The Balaban J connectivity index is 2.57. The van der Waals surface area contributed by atoms with E-state index in [9.17, 15) is 4.79 Å². The van der Waals surface area contributed by atoms with Gasteiger partial charge in [-0.1, -0.05) is 18.2 Å². The van der Waals surface area contributed by atoms with Crippen LogP contribution in [0.4, 0.5) is 0 Å². The quantitative estimate of drug-likeness (QED) is 0.586. The van der Waals surface area contributed by atoms with Crippen LogP contribution in [0.5, 0.6) is 0 Å². The summed E-state index contributed by atoms with van der Waals surface area (Å²) in [6, 6.07) is 0. The van der Waals surface area contributed by atoms with E-state index < -0.39 is 0 Å². The maximum atomic E-state index is 11.4. The summed E-state index contributed by atoms with van der Waals surface area (Å²) >= 11 is 0. The molecule has 0 aromatic heterocycles. The summed E-state index contributed by atoms with van der Waals surface area (Å²) in [5, 5.41) is 0. The maximum Gasteiger partial charge on any atom is 0.136 e. The van der Waals surface area contributed by atoms with Crippen molar-refractivity contribution in [2.75, 3.05) is 0 Å². The van der Waals surface area contributed by atoms with Crippen LogP contribution in [0.15, 0.2) is 24.8 Å². The van der Waals surface area contributed by atoms with E-state index in [2.05, 4.69) is 12.7 Å². The highest BCUT2D eigenvalue weighted by atomic mass is 16.1. The zero-order valence-electron chi connectivity index (χ0n) is 7.62. The molecule has 0 unspecified atom stereocenters. The summed E-state index contributed by atoms with van der Waals surface area (Å²) in [7, 11) is 0. The molecule has 0 aromatic carbocycles. The number of hydrogen-bond acceptors (Lipinski definition) is 1. The van der Waals surface area contributed by atoms with Gasteiger partial charge in [0.1, 0.15) is 5.78 Å². The first kappa shape index (κ1) is 9.24. The lowest BCUT2D eigenvalue weighted by molar-refractivity contribution is -0.120. The third kappa shape index (κ3) is 1.84. The second-order valence-corrected chi connectivity index (χ2v) is 3.32. The zero-order valence-corrected chi connectivity index (χ0v) is 7.62. The Kier molecular flexibility index (Phi) is 3.27. The lowest BCUT2D eigenvalue weighted by atomic mass is 9.92.